The average Bonchev–Trinajstić information content (AvgIpc) is 3.29. The molecule has 13 heteroatoms. The Morgan fingerprint density at radius 1 is 1.14 bits per heavy atom. The number of carbonyl (C=O) groups excluding carboxylic acids is 1. The summed E-state index contributed by atoms with van der Waals surface area (Å²) < 4.78 is 16.2. The first-order chi connectivity index (χ1) is 17.3. The van der Waals surface area contributed by atoms with Gasteiger partial charge in [-0.05, 0) is 31.0 Å². The number of ether oxygens (including phenoxy) is 3. The molecule has 3 N–H and O–H groups in total. The number of nitrogens with one attached hydrogen (secondary N) is 1. The van der Waals surface area contributed by atoms with Gasteiger partial charge in [0.15, 0.2) is 11.5 Å². The van der Waals surface area contributed by atoms with E-state index in [1.807, 2.05) is 13.0 Å². The molecule has 1 amide bonds. The number of thioether (sulfide) groups is 1. The van der Waals surface area contributed by atoms with Gasteiger partial charge in [0.05, 0.1) is 32.1 Å². The number of nitrogen functional groups attached to an aromatic ring is 1. The zero-order valence-electron chi connectivity index (χ0n) is 20.2. The molecule has 0 unspecified atom stereocenters. The third kappa shape index (κ3) is 5.27. The van der Waals surface area contributed by atoms with Gasteiger partial charge in [-0.15, -0.1) is 10.2 Å². The van der Waals surface area contributed by atoms with Crippen LogP contribution in [-0.2, 0) is 4.79 Å². The molecule has 2 aromatic heterocycles. The van der Waals surface area contributed by atoms with Crippen molar-refractivity contribution < 1.29 is 19.0 Å². The lowest BCUT2D eigenvalue weighted by Gasteiger charge is -2.18. The lowest BCUT2D eigenvalue weighted by molar-refractivity contribution is -0.115. The molecule has 0 spiro atoms. The Morgan fingerprint density at radius 2 is 1.78 bits per heavy atom. The summed E-state index contributed by atoms with van der Waals surface area (Å²) >= 11 is 2.33. The van der Waals surface area contributed by atoms with Crippen molar-refractivity contribution in [3.05, 3.63) is 28.3 Å². The molecule has 36 heavy (non-hydrogen) atoms. The van der Waals surface area contributed by atoms with E-state index in [1.54, 1.807) is 19.1 Å². The van der Waals surface area contributed by atoms with Crippen molar-refractivity contribution in [1.29, 1.82) is 10.5 Å². The van der Waals surface area contributed by atoms with Crippen LogP contribution in [0.25, 0.3) is 11.1 Å². The van der Waals surface area contributed by atoms with Gasteiger partial charge in [0.1, 0.15) is 33.6 Å². The van der Waals surface area contributed by atoms with Crippen LogP contribution in [0.15, 0.2) is 17.2 Å². The van der Waals surface area contributed by atoms with Crippen molar-refractivity contribution in [2.75, 3.05) is 32.4 Å². The van der Waals surface area contributed by atoms with Gasteiger partial charge >= 0.3 is 0 Å². The highest BCUT2D eigenvalue weighted by Crippen LogP contribution is 2.44. The molecule has 0 bridgehead atoms. The summed E-state index contributed by atoms with van der Waals surface area (Å²) in [6.45, 7) is 3.62. The number of nitrogens with two attached hydrogens (primary N) is 1. The molecule has 3 aromatic rings. The minimum atomic E-state index is -0.617. The molecule has 0 radical (unpaired) electrons. The molecule has 1 atom stereocenters. The number of nitriles is 2. The van der Waals surface area contributed by atoms with E-state index in [0.717, 1.165) is 11.8 Å². The Labute approximate surface area is 216 Å². The molecule has 186 valence electrons. The number of nitrogens with zero attached hydrogens (tertiary/aromatic N) is 5. The topological polar surface area (TPSA) is 169 Å². The quantitative estimate of drug-likeness (QED) is 0.390. The number of rotatable bonds is 9. The van der Waals surface area contributed by atoms with Crippen molar-refractivity contribution in [3.63, 3.8) is 0 Å². The molecule has 0 fully saturated rings. The third-order valence-electron chi connectivity index (χ3n) is 5.04. The molecule has 3 rings (SSSR count). The number of amides is 1. The lowest BCUT2D eigenvalue weighted by Crippen LogP contribution is -2.25. The lowest BCUT2D eigenvalue weighted by atomic mass is 9.96. The standard InChI is InChI=1S/C23H23N7O4S2/c1-6-17(21(31)28-23-30-29-11(2)35-23)36-22-14(10-25)18(13(9-24)20(26)27-22)12-7-15(32-3)19(34-5)16(8-12)33-4/h7-8,17H,6H2,1-5H3,(H2,26,27)(H,28,30,31)/t17-/m1/s1. The normalized spacial score (nSPS) is 11.2. The van der Waals surface area contributed by atoms with Gasteiger partial charge < -0.3 is 19.9 Å². The molecular weight excluding hydrogens is 502 g/mol. The van der Waals surface area contributed by atoms with Gasteiger partial charge in [-0.25, -0.2) is 4.98 Å². The van der Waals surface area contributed by atoms with Gasteiger partial charge in [-0.2, -0.15) is 10.5 Å². The predicted octanol–water partition coefficient (Wildman–Crippen LogP) is 3.77. The van der Waals surface area contributed by atoms with Crippen LogP contribution in [0.4, 0.5) is 10.9 Å². The highest BCUT2D eigenvalue weighted by molar-refractivity contribution is 8.00. The summed E-state index contributed by atoms with van der Waals surface area (Å²) in [5, 5.41) is 31.2. The second kappa shape index (κ2) is 11.6. The predicted molar refractivity (Wildman–Crippen MR) is 136 cm³/mol. The molecule has 11 nitrogen and oxygen atoms in total. The Kier molecular flexibility index (Phi) is 8.53. The van der Waals surface area contributed by atoms with Crippen molar-refractivity contribution in [3.8, 4) is 40.5 Å². The van der Waals surface area contributed by atoms with Crippen LogP contribution < -0.4 is 25.3 Å². The van der Waals surface area contributed by atoms with E-state index in [2.05, 4.69) is 26.6 Å². The van der Waals surface area contributed by atoms with E-state index < -0.39 is 5.25 Å². The minimum Gasteiger partial charge on any atom is -0.493 e. The van der Waals surface area contributed by atoms with Crippen molar-refractivity contribution in [2.45, 2.75) is 30.5 Å². The molecule has 0 saturated heterocycles. The van der Waals surface area contributed by atoms with E-state index in [4.69, 9.17) is 19.9 Å². The van der Waals surface area contributed by atoms with Crippen LogP contribution in [0, 0.1) is 29.6 Å². The zero-order valence-corrected chi connectivity index (χ0v) is 21.8. The number of carbonyl (C=O) groups is 1. The maximum Gasteiger partial charge on any atom is 0.239 e. The fraction of sp³-hybridized carbons (Fsp3) is 0.304. The smallest absolute Gasteiger partial charge is 0.239 e. The number of methoxy groups -OCH3 is 3. The Morgan fingerprint density at radius 3 is 2.25 bits per heavy atom. The first kappa shape index (κ1) is 26.5. The number of pyridine rings is 1. The fourth-order valence-corrected chi connectivity index (χ4v) is 5.00. The number of aryl methyl sites for hydroxylation is 1. The maximum absolute atomic E-state index is 12.9. The minimum absolute atomic E-state index is 0.0204. The summed E-state index contributed by atoms with van der Waals surface area (Å²) in [5.41, 5.74) is 6.96. The van der Waals surface area contributed by atoms with Crippen LogP contribution in [-0.4, -0.2) is 47.7 Å². The summed E-state index contributed by atoms with van der Waals surface area (Å²) in [4.78, 5) is 17.2. The average molecular weight is 526 g/mol. The highest BCUT2D eigenvalue weighted by atomic mass is 32.2. The van der Waals surface area contributed by atoms with Gasteiger partial charge in [0.2, 0.25) is 16.8 Å². The van der Waals surface area contributed by atoms with E-state index in [0.29, 0.717) is 39.4 Å². The van der Waals surface area contributed by atoms with Gasteiger partial charge in [-0.1, -0.05) is 30.0 Å². The van der Waals surface area contributed by atoms with Crippen LogP contribution in [0.2, 0.25) is 0 Å². The largest absolute Gasteiger partial charge is 0.493 e. The monoisotopic (exact) mass is 525 g/mol. The van der Waals surface area contributed by atoms with E-state index in [9.17, 15) is 15.3 Å². The molecule has 1 aromatic carbocycles. The number of aromatic nitrogens is 3. The second-order valence-electron chi connectivity index (χ2n) is 7.20. The molecule has 0 saturated carbocycles. The third-order valence-corrected chi connectivity index (χ3v) is 7.15. The molecular formula is C23H23N7O4S2. The first-order valence-corrected chi connectivity index (χ1v) is 12.2. The van der Waals surface area contributed by atoms with Crippen molar-refractivity contribution >= 4 is 40.0 Å². The molecule has 0 aliphatic rings. The second-order valence-corrected chi connectivity index (χ2v) is 9.57. The summed E-state index contributed by atoms with van der Waals surface area (Å²) in [7, 11) is 4.40. The number of anilines is 2. The molecule has 0 aliphatic carbocycles. The van der Waals surface area contributed by atoms with Gasteiger partial charge in [0.25, 0.3) is 0 Å². The van der Waals surface area contributed by atoms with Crippen molar-refractivity contribution in [1.82, 2.24) is 15.2 Å². The highest BCUT2D eigenvalue weighted by Gasteiger charge is 2.27. The summed E-state index contributed by atoms with van der Waals surface area (Å²) in [5.74, 6) is 0.635. The van der Waals surface area contributed by atoms with Gasteiger partial charge in [-0.3, -0.25) is 10.1 Å². The number of benzene rings is 1. The summed E-state index contributed by atoms with van der Waals surface area (Å²) in [6.07, 6.45) is 0.431. The maximum atomic E-state index is 12.9. The van der Waals surface area contributed by atoms with Crippen molar-refractivity contribution in [2.24, 2.45) is 0 Å². The molecule has 2 heterocycles. The zero-order chi connectivity index (χ0) is 26.4. The van der Waals surface area contributed by atoms with Gasteiger partial charge in [0, 0.05) is 5.56 Å². The van der Waals surface area contributed by atoms with E-state index >= 15 is 0 Å². The molecule has 0 aliphatic heterocycles. The number of hydrogen-bond acceptors (Lipinski definition) is 12. The Bertz CT molecular complexity index is 1350. The SMILES string of the molecule is CC[C@@H](Sc1nc(N)c(C#N)c(-c2cc(OC)c(OC)c(OC)c2)c1C#N)C(=O)Nc1nnc(C)s1. The number of hydrogen-bond donors (Lipinski definition) is 2. The fourth-order valence-electron chi connectivity index (χ4n) is 3.39. The van der Waals surface area contributed by atoms with Crippen LogP contribution in [0.1, 0.15) is 29.5 Å². The van der Waals surface area contributed by atoms with E-state index in [-0.39, 0.29) is 33.4 Å². The van der Waals surface area contributed by atoms with Crippen LogP contribution in [0.3, 0.4) is 0 Å². The Hall–Kier alpha value is -4.07. The first-order valence-electron chi connectivity index (χ1n) is 10.5. The van der Waals surface area contributed by atoms with E-state index in [1.165, 1.54) is 32.7 Å². The van der Waals surface area contributed by atoms with Crippen LogP contribution in [0.5, 0.6) is 17.2 Å². The Balaban J connectivity index is 2.13. The van der Waals surface area contributed by atoms with Crippen LogP contribution >= 0.6 is 23.1 Å². The summed E-state index contributed by atoms with van der Waals surface area (Å²) in [6, 6.07) is 7.41.